The summed E-state index contributed by atoms with van der Waals surface area (Å²) in [7, 11) is 0. The summed E-state index contributed by atoms with van der Waals surface area (Å²) in [5, 5.41) is 0. The molecule has 0 radical (unpaired) electrons. The van der Waals surface area contributed by atoms with Crippen LogP contribution in [0.1, 0.15) is 234 Å². The lowest BCUT2D eigenvalue weighted by Crippen LogP contribution is -1.89. The van der Waals surface area contributed by atoms with Crippen LogP contribution in [0.3, 0.4) is 0 Å². The predicted molar refractivity (Wildman–Crippen MR) is 187 cm³/mol. The summed E-state index contributed by atoms with van der Waals surface area (Å²) in [5.74, 6) is 1.78. The third-order valence-corrected chi connectivity index (χ3v) is 9.05. The van der Waals surface area contributed by atoms with E-state index in [0.717, 1.165) is 11.8 Å². The van der Waals surface area contributed by atoms with Crippen molar-refractivity contribution in [2.24, 2.45) is 11.8 Å². The second-order valence-corrected chi connectivity index (χ2v) is 14.3. The zero-order chi connectivity index (χ0) is 29.4. The second-order valence-electron chi connectivity index (χ2n) is 14.3. The van der Waals surface area contributed by atoms with Crippen LogP contribution in [0.2, 0.25) is 0 Å². The van der Waals surface area contributed by atoms with Gasteiger partial charge in [0.2, 0.25) is 0 Å². The molecule has 240 valence electrons. The third kappa shape index (κ3) is 33.9. The molecule has 0 saturated heterocycles. The van der Waals surface area contributed by atoms with Gasteiger partial charge in [-0.3, -0.25) is 0 Å². The fourth-order valence-electron chi connectivity index (χ4n) is 6.32. The molecule has 0 aliphatic rings. The molecular formula is C40H80. The topological polar surface area (TPSA) is 0 Å². The smallest absolute Gasteiger partial charge is 0.0320 e. The Balaban J connectivity index is 3.39. The van der Waals surface area contributed by atoms with E-state index in [0.29, 0.717) is 0 Å². The third-order valence-electron chi connectivity index (χ3n) is 9.05. The van der Waals surface area contributed by atoms with Gasteiger partial charge in [0.05, 0.1) is 0 Å². The van der Waals surface area contributed by atoms with Crippen LogP contribution in [-0.4, -0.2) is 0 Å². The molecule has 0 unspecified atom stereocenters. The Morgan fingerprint density at radius 2 is 0.575 bits per heavy atom. The highest BCUT2D eigenvalue weighted by atomic mass is 14.1. The zero-order valence-electron chi connectivity index (χ0n) is 29.2. The lowest BCUT2D eigenvalue weighted by molar-refractivity contribution is 0.502. The molecular weight excluding hydrogens is 480 g/mol. The van der Waals surface area contributed by atoms with E-state index in [1.165, 1.54) is 199 Å². The van der Waals surface area contributed by atoms with Crippen molar-refractivity contribution < 1.29 is 0 Å². The normalized spacial score (nSPS) is 11.7. The lowest BCUT2D eigenvalue weighted by atomic mass is 9.98. The summed E-state index contributed by atoms with van der Waals surface area (Å²) in [4.78, 5) is 0. The van der Waals surface area contributed by atoms with Gasteiger partial charge >= 0.3 is 0 Å². The molecule has 40 heavy (non-hydrogen) atoms. The molecule has 0 aliphatic carbocycles. The first-order chi connectivity index (χ1) is 19.6. The van der Waals surface area contributed by atoms with E-state index in [2.05, 4.69) is 40.7 Å². The SMILES string of the molecule is CCC=C(CCCCCCCCCCCCCCCC(C)C)CCCCCCCCCCCCCCCC(C)C. The Kier molecular flexibility index (Phi) is 33.0. The Morgan fingerprint density at radius 3 is 0.800 bits per heavy atom. The van der Waals surface area contributed by atoms with Crippen LogP contribution in [0.4, 0.5) is 0 Å². The van der Waals surface area contributed by atoms with Gasteiger partial charge in [-0.2, -0.15) is 0 Å². The summed E-state index contributed by atoms with van der Waals surface area (Å²) in [5.41, 5.74) is 1.77. The van der Waals surface area contributed by atoms with Crippen molar-refractivity contribution in [3.8, 4) is 0 Å². The van der Waals surface area contributed by atoms with Crippen molar-refractivity contribution in [2.45, 2.75) is 234 Å². The summed E-state index contributed by atoms with van der Waals surface area (Å²) in [6.07, 6.45) is 47.6. The average molecular weight is 561 g/mol. The number of unbranched alkanes of at least 4 members (excludes halogenated alkanes) is 24. The van der Waals surface area contributed by atoms with Crippen LogP contribution in [-0.2, 0) is 0 Å². The Morgan fingerprint density at radius 1 is 0.350 bits per heavy atom. The molecule has 0 bridgehead atoms. The molecule has 0 rings (SSSR count). The van der Waals surface area contributed by atoms with Crippen molar-refractivity contribution in [2.75, 3.05) is 0 Å². The van der Waals surface area contributed by atoms with Crippen LogP contribution in [0, 0.1) is 11.8 Å². The Bertz CT molecular complexity index is 444. The first kappa shape index (κ1) is 39.7. The van der Waals surface area contributed by atoms with E-state index in [-0.39, 0.29) is 0 Å². The first-order valence-electron chi connectivity index (χ1n) is 19.2. The fourth-order valence-corrected chi connectivity index (χ4v) is 6.32. The maximum atomic E-state index is 2.55. The van der Waals surface area contributed by atoms with Gasteiger partial charge in [0.25, 0.3) is 0 Å². The number of hydrogen-bond donors (Lipinski definition) is 0. The van der Waals surface area contributed by atoms with E-state index in [1.807, 2.05) is 0 Å². The van der Waals surface area contributed by atoms with E-state index in [1.54, 1.807) is 5.57 Å². The molecule has 0 heteroatoms. The quantitative estimate of drug-likeness (QED) is 0.0553. The molecule has 0 fully saturated rings. The van der Waals surface area contributed by atoms with Gasteiger partial charge in [-0.25, -0.2) is 0 Å². The Labute approximate surface area is 256 Å². The van der Waals surface area contributed by atoms with Gasteiger partial charge < -0.3 is 0 Å². The molecule has 0 aromatic heterocycles. The summed E-state index contributed by atoms with van der Waals surface area (Å²) < 4.78 is 0. The van der Waals surface area contributed by atoms with Gasteiger partial charge in [0, 0.05) is 0 Å². The molecule has 0 spiro atoms. The van der Waals surface area contributed by atoms with E-state index < -0.39 is 0 Å². The minimum Gasteiger partial charge on any atom is -0.0856 e. The van der Waals surface area contributed by atoms with Crippen LogP contribution >= 0.6 is 0 Å². The first-order valence-corrected chi connectivity index (χ1v) is 19.2. The minimum atomic E-state index is 0.892. The molecule has 0 aliphatic heterocycles. The van der Waals surface area contributed by atoms with E-state index >= 15 is 0 Å². The predicted octanol–water partition coefficient (Wildman–Crippen LogP) is 15.3. The van der Waals surface area contributed by atoms with Crippen molar-refractivity contribution >= 4 is 0 Å². The van der Waals surface area contributed by atoms with Crippen LogP contribution in [0.5, 0.6) is 0 Å². The van der Waals surface area contributed by atoms with E-state index in [9.17, 15) is 0 Å². The van der Waals surface area contributed by atoms with Gasteiger partial charge in [-0.1, -0.05) is 213 Å². The van der Waals surface area contributed by atoms with Gasteiger partial charge in [-0.15, -0.1) is 0 Å². The molecule has 0 aromatic rings. The largest absolute Gasteiger partial charge is 0.0856 e. The van der Waals surface area contributed by atoms with Crippen molar-refractivity contribution in [1.82, 2.24) is 0 Å². The molecule has 0 N–H and O–H groups in total. The van der Waals surface area contributed by atoms with Crippen molar-refractivity contribution in [3.05, 3.63) is 11.6 Å². The van der Waals surface area contributed by atoms with Crippen LogP contribution in [0.15, 0.2) is 11.6 Å². The summed E-state index contributed by atoms with van der Waals surface area (Å²) in [6.45, 7) is 11.7. The van der Waals surface area contributed by atoms with Gasteiger partial charge in [0.1, 0.15) is 0 Å². The highest BCUT2D eigenvalue weighted by molar-refractivity contribution is 5.01. The highest BCUT2D eigenvalue weighted by Crippen LogP contribution is 2.20. The molecule has 0 atom stereocenters. The molecule has 0 amide bonds. The average Bonchev–Trinajstić information content (AvgIpc) is 2.92. The molecule has 0 saturated carbocycles. The highest BCUT2D eigenvalue weighted by Gasteiger charge is 2.01. The van der Waals surface area contributed by atoms with Crippen molar-refractivity contribution in [3.63, 3.8) is 0 Å². The van der Waals surface area contributed by atoms with Crippen molar-refractivity contribution in [1.29, 1.82) is 0 Å². The lowest BCUT2D eigenvalue weighted by Gasteiger charge is -2.08. The number of rotatable bonds is 33. The fraction of sp³-hybridized carbons (Fsp3) is 0.950. The maximum Gasteiger partial charge on any atom is -0.0320 e. The standard InChI is InChI=1S/C40H80/c1-6-33-40(36-31-27-23-19-15-11-7-9-13-17-21-25-29-34-38(2)3)37-32-28-24-20-16-12-8-10-14-18-22-26-30-35-39(4)5/h33,38-39H,6-32,34-37H2,1-5H3. The number of allylic oxidation sites excluding steroid dienone is 2. The molecule has 0 heterocycles. The van der Waals surface area contributed by atoms with Crippen LogP contribution in [0.25, 0.3) is 0 Å². The second kappa shape index (κ2) is 33.2. The van der Waals surface area contributed by atoms with E-state index in [4.69, 9.17) is 0 Å². The molecule has 0 aromatic carbocycles. The number of hydrogen-bond acceptors (Lipinski definition) is 0. The van der Waals surface area contributed by atoms with Gasteiger partial charge in [-0.05, 0) is 43.9 Å². The summed E-state index contributed by atoms with van der Waals surface area (Å²) >= 11 is 0. The monoisotopic (exact) mass is 561 g/mol. The zero-order valence-corrected chi connectivity index (χ0v) is 29.2. The Hall–Kier alpha value is -0.260. The minimum absolute atomic E-state index is 0.892. The maximum absolute atomic E-state index is 2.55. The summed E-state index contributed by atoms with van der Waals surface area (Å²) in [6, 6.07) is 0. The van der Waals surface area contributed by atoms with Gasteiger partial charge in [0.15, 0.2) is 0 Å². The van der Waals surface area contributed by atoms with Crippen LogP contribution < -0.4 is 0 Å². The molecule has 0 nitrogen and oxygen atoms in total.